The molecule has 4 heterocycles. The summed E-state index contributed by atoms with van der Waals surface area (Å²) in [5.74, 6) is -0.734. The first-order valence-electron chi connectivity index (χ1n) is 10.6. The molecule has 1 aromatic heterocycles. The zero-order valence-corrected chi connectivity index (χ0v) is 17.5. The molecule has 174 valence electrons. The Morgan fingerprint density at radius 3 is 2.94 bits per heavy atom. The number of fused-ring (bicyclic) bond motifs is 3. The molecule has 0 saturated carbocycles. The van der Waals surface area contributed by atoms with Crippen LogP contribution in [0.1, 0.15) is 17.5 Å². The van der Waals surface area contributed by atoms with Crippen LogP contribution < -0.4 is 9.64 Å². The van der Waals surface area contributed by atoms with E-state index < -0.39 is 36.6 Å². The SMILES string of the molecule is O=C(C(O)CO)N1CC=C(c2cc3c(cc2F)N2C(=O)OC(COc4ccon4)[C@@H]2C3)CC1. The molecule has 11 heteroatoms. The van der Waals surface area contributed by atoms with Crippen molar-refractivity contribution in [1.82, 2.24) is 10.1 Å². The minimum absolute atomic E-state index is 0.0947. The third-order valence-corrected chi connectivity index (χ3v) is 6.20. The van der Waals surface area contributed by atoms with Crippen molar-refractivity contribution in [2.24, 2.45) is 0 Å². The van der Waals surface area contributed by atoms with Crippen LogP contribution in [0, 0.1) is 5.82 Å². The molecular formula is C22H22FN3O7. The number of hydrogen-bond donors (Lipinski definition) is 2. The van der Waals surface area contributed by atoms with Crippen molar-refractivity contribution in [2.45, 2.75) is 31.1 Å². The number of hydrogen-bond acceptors (Lipinski definition) is 8. The lowest BCUT2D eigenvalue weighted by molar-refractivity contribution is -0.141. The van der Waals surface area contributed by atoms with Gasteiger partial charge in [0.2, 0.25) is 0 Å². The summed E-state index contributed by atoms with van der Waals surface area (Å²) in [5.41, 5.74) is 2.48. The van der Waals surface area contributed by atoms with Crippen LogP contribution in [0.3, 0.4) is 0 Å². The summed E-state index contributed by atoms with van der Waals surface area (Å²) in [5, 5.41) is 22.2. The lowest BCUT2D eigenvalue weighted by atomic mass is 9.95. The predicted molar refractivity (Wildman–Crippen MR) is 111 cm³/mol. The molecule has 33 heavy (non-hydrogen) atoms. The van der Waals surface area contributed by atoms with Gasteiger partial charge in [0.25, 0.3) is 11.8 Å². The maximum atomic E-state index is 15.1. The Morgan fingerprint density at radius 2 is 2.24 bits per heavy atom. The molecule has 0 spiro atoms. The Kier molecular flexibility index (Phi) is 5.51. The summed E-state index contributed by atoms with van der Waals surface area (Å²) in [6, 6.07) is 4.33. The normalized spacial score (nSPS) is 22.5. The third-order valence-electron chi connectivity index (χ3n) is 6.20. The van der Waals surface area contributed by atoms with Gasteiger partial charge in [-0.05, 0) is 41.3 Å². The van der Waals surface area contributed by atoms with Gasteiger partial charge in [-0.3, -0.25) is 9.69 Å². The number of ether oxygens (including phenoxy) is 2. The molecule has 10 nitrogen and oxygen atoms in total. The second kappa shape index (κ2) is 8.49. The molecule has 2 unspecified atom stereocenters. The van der Waals surface area contributed by atoms with E-state index in [1.165, 1.54) is 22.1 Å². The molecule has 0 aliphatic carbocycles. The summed E-state index contributed by atoms with van der Waals surface area (Å²) >= 11 is 0. The molecule has 1 saturated heterocycles. The molecule has 1 aromatic carbocycles. The van der Waals surface area contributed by atoms with Gasteiger partial charge in [-0.2, -0.15) is 0 Å². The highest BCUT2D eigenvalue weighted by Crippen LogP contribution is 2.41. The predicted octanol–water partition coefficient (Wildman–Crippen LogP) is 1.11. The lowest BCUT2D eigenvalue weighted by Crippen LogP contribution is -2.42. The van der Waals surface area contributed by atoms with E-state index in [-0.39, 0.29) is 25.1 Å². The van der Waals surface area contributed by atoms with E-state index in [2.05, 4.69) is 5.16 Å². The second-order valence-electron chi connectivity index (χ2n) is 8.14. The van der Waals surface area contributed by atoms with Gasteiger partial charge in [0, 0.05) is 24.7 Å². The first-order valence-corrected chi connectivity index (χ1v) is 10.6. The first-order chi connectivity index (χ1) is 16.0. The molecular weight excluding hydrogens is 437 g/mol. The summed E-state index contributed by atoms with van der Waals surface area (Å²) in [4.78, 5) is 27.4. The van der Waals surface area contributed by atoms with E-state index in [4.69, 9.17) is 19.1 Å². The number of benzene rings is 1. The summed E-state index contributed by atoms with van der Waals surface area (Å²) in [6.07, 6.45) is 1.47. The van der Waals surface area contributed by atoms with E-state index in [0.717, 1.165) is 11.1 Å². The van der Waals surface area contributed by atoms with Crippen LogP contribution in [0.25, 0.3) is 5.57 Å². The average molecular weight is 459 g/mol. The van der Waals surface area contributed by atoms with Gasteiger partial charge in [-0.25, -0.2) is 9.18 Å². The van der Waals surface area contributed by atoms with Crippen molar-refractivity contribution in [2.75, 3.05) is 31.2 Å². The number of amides is 2. The van der Waals surface area contributed by atoms with E-state index >= 15 is 4.39 Å². The molecule has 3 aliphatic heterocycles. The van der Waals surface area contributed by atoms with E-state index in [1.807, 2.05) is 0 Å². The number of aromatic nitrogens is 1. The number of rotatable bonds is 6. The largest absolute Gasteiger partial charge is 0.471 e. The molecule has 2 amide bonds. The van der Waals surface area contributed by atoms with Crippen molar-refractivity contribution in [1.29, 1.82) is 0 Å². The fraction of sp³-hybridized carbons (Fsp3) is 0.409. The smallest absolute Gasteiger partial charge is 0.415 e. The number of carbonyl (C=O) groups excluding carboxylic acids is 2. The van der Waals surface area contributed by atoms with E-state index in [1.54, 1.807) is 18.2 Å². The van der Waals surface area contributed by atoms with Crippen LogP contribution in [0.4, 0.5) is 14.9 Å². The Labute approximate surface area is 187 Å². The molecule has 2 N–H and O–H groups in total. The standard InChI is InChI=1S/C22H22FN3O7/c23-15-9-16-13(7-14(15)12-1-4-25(5-2-12)21(29)18(28)10-27)8-17-19(33-22(30)26(16)17)11-31-20-3-6-32-24-20/h1,3,6-7,9,17-19,27-28H,2,4-5,8,10-11H2/t17-,18?,19?/m0/s1. The fourth-order valence-electron chi connectivity index (χ4n) is 4.52. The Balaban J connectivity index is 1.33. The Morgan fingerprint density at radius 1 is 1.39 bits per heavy atom. The molecule has 0 radical (unpaired) electrons. The minimum Gasteiger partial charge on any atom is -0.471 e. The van der Waals surface area contributed by atoms with Crippen molar-refractivity contribution in [3.63, 3.8) is 0 Å². The van der Waals surface area contributed by atoms with E-state index in [9.17, 15) is 14.7 Å². The molecule has 5 rings (SSSR count). The molecule has 0 bridgehead atoms. The van der Waals surface area contributed by atoms with Gasteiger partial charge in [-0.15, -0.1) is 0 Å². The molecule has 1 fully saturated rings. The zero-order chi connectivity index (χ0) is 23.1. The van der Waals surface area contributed by atoms with Crippen LogP contribution in [0.2, 0.25) is 0 Å². The highest BCUT2D eigenvalue weighted by Gasteiger charge is 2.48. The first kappa shape index (κ1) is 21.4. The second-order valence-corrected chi connectivity index (χ2v) is 8.14. The maximum Gasteiger partial charge on any atom is 0.415 e. The zero-order valence-electron chi connectivity index (χ0n) is 17.5. The number of nitrogens with zero attached hydrogens (tertiary/aromatic N) is 3. The van der Waals surface area contributed by atoms with Crippen molar-refractivity contribution < 1.29 is 38.2 Å². The minimum atomic E-state index is -1.45. The van der Waals surface area contributed by atoms with Crippen LogP contribution in [0.5, 0.6) is 5.88 Å². The van der Waals surface area contributed by atoms with Crippen LogP contribution >= 0.6 is 0 Å². The van der Waals surface area contributed by atoms with Gasteiger partial charge < -0.3 is 29.1 Å². The average Bonchev–Trinajstić information content (AvgIpc) is 3.54. The monoisotopic (exact) mass is 459 g/mol. The summed E-state index contributed by atoms with van der Waals surface area (Å²) < 4.78 is 30.7. The quantitative estimate of drug-likeness (QED) is 0.658. The number of anilines is 1. The highest BCUT2D eigenvalue weighted by molar-refractivity contribution is 5.94. The number of carbonyl (C=O) groups is 2. The number of aliphatic hydroxyl groups excluding tert-OH is 2. The summed E-state index contributed by atoms with van der Waals surface area (Å²) in [6.45, 7) is -0.0291. The van der Waals surface area contributed by atoms with Crippen LogP contribution in [-0.4, -0.2) is 76.8 Å². The molecule has 2 aromatic rings. The van der Waals surface area contributed by atoms with Crippen molar-refractivity contribution in [3.05, 3.63) is 47.5 Å². The number of aliphatic hydroxyl groups is 2. The van der Waals surface area contributed by atoms with Gasteiger partial charge in [0.1, 0.15) is 18.7 Å². The van der Waals surface area contributed by atoms with Gasteiger partial charge in [-0.1, -0.05) is 6.08 Å². The van der Waals surface area contributed by atoms with Crippen LogP contribution in [-0.2, 0) is 16.0 Å². The van der Waals surface area contributed by atoms with Crippen LogP contribution in [0.15, 0.2) is 35.1 Å². The topological polar surface area (TPSA) is 126 Å². The van der Waals surface area contributed by atoms with Gasteiger partial charge in [0.15, 0.2) is 12.2 Å². The van der Waals surface area contributed by atoms with Crippen molar-refractivity contribution >= 4 is 23.3 Å². The highest BCUT2D eigenvalue weighted by atomic mass is 19.1. The lowest BCUT2D eigenvalue weighted by Gasteiger charge is -2.28. The number of cyclic esters (lactones) is 1. The van der Waals surface area contributed by atoms with Crippen molar-refractivity contribution in [3.8, 4) is 5.88 Å². The third kappa shape index (κ3) is 3.83. The fourth-order valence-corrected chi connectivity index (χ4v) is 4.52. The summed E-state index contributed by atoms with van der Waals surface area (Å²) in [7, 11) is 0. The van der Waals surface area contributed by atoms with Gasteiger partial charge in [0.05, 0.1) is 18.3 Å². The van der Waals surface area contributed by atoms with Gasteiger partial charge >= 0.3 is 6.09 Å². The number of halogens is 1. The van der Waals surface area contributed by atoms with E-state index in [0.29, 0.717) is 30.6 Å². The molecule has 3 atom stereocenters. The molecule has 3 aliphatic rings. The Bertz CT molecular complexity index is 1100. The maximum absolute atomic E-state index is 15.1. The Hall–Kier alpha value is -3.44.